The van der Waals surface area contributed by atoms with Crippen molar-refractivity contribution in [2.24, 2.45) is 5.73 Å². The Morgan fingerprint density at radius 2 is 1.62 bits per heavy atom. The summed E-state index contributed by atoms with van der Waals surface area (Å²) in [6.07, 6.45) is 0. The van der Waals surface area contributed by atoms with Crippen molar-refractivity contribution < 1.29 is 18.0 Å². The SMILES string of the molecule is NC(=S)c1cc(F)ccc1NC(=O)c1cc(F)cc(F)c1. The maximum absolute atomic E-state index is 13.1. The lowest BCUT2D eigenvalue weighted by Gasteiger charge is -2.10. The van der Waals surface area contributed by atoms with Gasteiger partial charge in [0.1, 0.15) is 22.4 Å². The van der Waals surface area contributed by atoms with Crippen LogP contribution in [-0.2, 0) is 0 Å². The highest BCUT2D eigenvalue weighted by atomic mass is 32.1. The lowest BCUT2D eigenvalue weighted by molar-refractivity contribution is 0.102. The smallest absolute Gasteiger partial charge is 0.255 e. The predicted octanol–water partition coefficient (Wildman–Crippen LogP) is 2.99. The van der Waals surface area contributed by atoms with Gasteiger partial charge in [0.15, 0.2) is 0 Å². The van der Waals surface area contributed by atoms with Crippen LogP contribution in [0.1, 0.15) is 15.9 Å². The average Bonchev–Trinajstić information content (AvgIpc) is 2.39. The molecular weight excluding hydrogens is 301 g/mol. The molecular formula is C14H9F3N2OS. The molecule has 2 rings (SSSR count). The maximum Gasteiger partial charge on any atom is 0.255 e. The molecule has 0 aliphatic rings. The highest BCUT2D eigenvalue weighted by Crippen LogP contribution is 2.18. The van der Waals surface area contributed by atoms with Gasteiger partial charge in [0, 0.05) is 17.2 Å². The minimum absolute atomic E-state index is 0.116. The summed E-state index contributed by atoms with van der Waals surface area (Å²) < 4.78 is 39.3. The van der Waals surface area contributed by atoms with E-state index in [2.05, 4.69) is 5.32 Å². The summed E-state index contributed by atoms with van der Waals surface area (Å²) >= 11 is 4.76. The molecule has 2 aromatic carbocycles. The Morgan fingerprint density at radius 3 is 2.19 bits per heavy atom. The summed E-state index contributed by atoms with van der Waals surface area (Å²) in [4.78, 5) is 11.8. The van der Waals surface area contributed by atoms with Crippen LogP contribution >= 0.6 is 12.2 Å². The van der Waals surface area contributed by atoms with Gasteiger partial charge in [-0.2, -0.15) is 0 Å². The Morgan fingerprint density at radius 1 is 1.00 bits per heavy atom. The fourth-order valence-corrected chi connectivity index (χ4v) is 1.88. The van der Waals surface area contributed by atoms with E-state index < -0.39 is 23.4 Å². The molecule has 0 spiro atoms. The van der Waals surface area contributed by atoms with Gasteiger partial charge in [0.2, 0.25) is 0 Å². The van der Waals surface area contributed by atoms with Crippen molar-refractivity contribution in [2.75, 3.05) is 5.32 Å². The molecule has 21 heavy (non-hydrogen) atoms. The Hall–Kier alpha value is -2.41. The fourth-order valence-electron chi connectivity index (χ4n) is 1.71. The first-order chi connectivity index (χ1) is 9.86. The summed E-state index contributed by atoms with van der Waals surface area (Å²) in [6, 6.07) is 5.82. The highest BCUT2D eigenvalue weighted by Gasteiger charge is 2.13. The summed E-state index contributed by atoms with van der Waals surface area (Å²) in [5, 5.41) is 2.38. The third-order valence-electron chi connectivity index (χ3n) is 2.62. The summed E-state index contributed by atoms with van der Waals surface area (Å²) in [6.45, 7) is 0. The molecule has 0 aliphatic heterocycles. The summed E-state index contributed by atoms with van der Waals surface area (Å²) in [7, 11) is 0. The predicted molar refractivity (Wildman–Crippen MR) is 76.6 cm³/mol. The van der Waals surface area contributed by atoms with Crippen LogP contribution in [0.25, 0.3) is 0 Å². The van der Waals surface area contributed by atoms with Crippen molar-refractivity contribution in [3.8, 4) is 0 Å². The molecule has 0 fully saturated rings. The number of carbonyl (C=O) groups excluding carboxylic acids is 1. The van der Waals surface area contributed by atoms with Gasteiger partial charge in [-0.05, 0) is 30.3 Å². The highest BCUT2D eigenvalue weighted by molar-refractivity contribution is 7.80. The van der Waals surface area contributed by atoms with Gasteiger partial charge < -0.3 is 11.1 Å². The van der Waals surface area contributed by atoms with Crippen LogP contribution in [0.2, 0.25) is 0 Å². The van der Waals surface area contributed by atoms with Crippen molar-refractivity contribution in [3.05, 3.63) is 65.0 Å². The van der Waals surface area contributed by atoms with Crippen LogP contribution in [0, 0.1) is 17.5 Å². The number of hydrogen-bond acceptors (Lipinski definition) is 2. The molecule has 0 unspecified atom stereocenters. The minimum atomic E-state index is -0.881. The number of rotatable bonds is 3. The topological polar surface area (TPSA) is 55.1 Å². The zero-order chi connectivity index (χ0) is 15.6. The van der Waals surface area contributed by atoms with Crippen molar-refractivity contribution in [2.45, 2.75) is 0 Å². The third kappa shape index (κ3) is 3.57. The Labute approximate surface area is 123 Å². The fraction of sp³-hybridized carbons (Fsp3) is 0. The number of halogens is 3. The van der Waals surface area contributed by atoms with E-state index in [1.807, 2.05) is 0 Å². The molecule has 3 nitrogen and oxygen atoms in total. The van der Waals surface area contributed by atoms with Crippen LogP contribution < -0.4 is 11.1 Å². The van der Waals surface area contributed by atoms with Gasteiger partial charge in [-0.25, -0.2) is 13.2 Å². The van der Waals surface area contributed by atoms with E-state index in [9.17, 15) is 18.0 Å². The molecule has 2 aromatic rings. The van der Waals surface area contributed by atoms with Crippen molar-refractivity contribution >= 4 is 28.8 Å². The van der Waals surface area contributed by atoms with Crippen molar-refractivity contribution in [1.29, 1.82) is 0 Å². The Kier molecular flexibility index (Phi) is 4.23. The molecule has 1 amide bonds. The number of benzene rings is 2. The molecule has 0 heterocycles. The van der Waals surface area contributed by atoms with E-state index in [-0.39, 0.29) is 21.8 Å². The molecule has 0 bridgehead atoms. The van der Waals surface area contributed by atoms with E-state index in [1.165, 1.54) is 6.07 Å². The van der Waals surface area contributed by atoms with Crippen LogP contribution in [0.5, 0.6) is 0 Å². The van der Waals surface area contributed by atoms with Crippen LogP contribution in [0.3, 0.4) is 0 Å². The zero-order valence-corrected chi connectivity index (χ0v) is 11.3. The number of carbonyl (C=O) groups is 1. The molecule has 3 N–H and O–H groups in total. The van der Waals surface area contributed by atoms with Gasteiger partial charge in [0.05, 0.1) is 5.69 Å². The molecule has 0 aromatic heterocycles. The van der Waals surface area contributed by atoms with E-state index >= 15 is 0 Å². The molecule has 0 saturated heterocycles. The van der Waals surface area contributed by atoms with Gasteiger partial charge in [-0.1, -0.05) is 12.2 Å². The van der Waals surface area contributed by atoms with E-state index in [0.29, 0.717) is 6.07 Å². The van der Waals surface area contributed by atoms with Crippen LogP contribution in [0.4, 0.5) is 18.9 Å². The monoisotopic (exact) mass is 310 g/mol. The number of hydrogen-bond donors (Lipinski definition) is 2. The van der Waals surface area contributed by atoms with Crippen LogP contribution in [0.15, 0.2) is 36.4 Å². The summed E-state index contributed by atoms with van der Waals surface area (Å²) in [5.41, 5.74) is 5.49. The number of anilines is 1. The largest absolute Gasteiger partial charge is 0.389 e. The number of thiocarbonyl (C=S) groups is 1. The van der Waals surface area contributed by atoms with E-state index in [1.54, 1.807) is 0 Å². The van der Waals surface area contributed by atoms with Crippen molar-refractivity contribution in [1.82, 2.24) is 0 Å². The quantitative estimate of drug-likeness (QED) is 0.857. The first kappa shape index (κ1) is 15.0. The lowest BCUT2D eigenvalue weighted by Crippen LogP contribution is -2.18. The zero-order valence-electron chi connectivity index (χ0n) is 10.5. The Balaban J connectivity index is 2.33. The second-order valence-corrected chi connectivity index (χ2v) is 4.61. The Bertz CT molecular complexity index is 714. The first-order valence-electron chi connectivity index (χ1n) is 5.73. The first-order valence-corrected chi connectivity index (χ1v) is 6.14. The molecule has 108 valence electrons. The lowest BCUT2D eigenvalue weighted by atomic mass is 10.1. The third-order valence-corrected chi connectivity index (χ3v) is 2.84. The van der Waals surface area contributed by atoms with Crippen LogP contribution in [-0.4, -0.2) is 10.9 Å². The molecule has 0 atom stereocenters. The standard InChI is InChI=1S/C14H9F3N2OS/c15-8-1-2-12(11(6-8)13(18)21)19-14(20)7-3-9(16)5-10(17)4-7/h1-6H,(H2,18,21)(H,19,20). The van der Waals surface area contributed by atoms with Gasteiger partial charge >= 0.3 is 0 Å². The van der Waals surface area contributed by atoms with E-state index in [0.717, 1.165) is 24.3 Å². The average molecular weight is 310 g/mol. The minimum Gasteiger partial charge on any atom is -0.389 e. The molecule has 0 saturated carbocycles. The number of nitrogens with one attached hydrogen (secondary N) is 1. The molecule has 7 heteroatoms. The maximum atomic E-state index is 13.1. The second kappa shape index (κ2) is 5.92. The van der Waals surface area contributed by atoms with Crippen molar-refractivity contribution in [3.63, 3.8) is 0 Å². The summed E-state index contributed by atoms with van der Waals surface area (Å²) in [5.74, 6) is -3.10. The number of amides is 1. The molecule has 0 aliphatic carbocycles. The molecule has 0 radical (unpaired) electrons. The van der Waals surface area contributed by atoms with Gasteiger partial charge in [-0.15, -0.1) is 0 Å². The van der Waals surface area contributed by atoms with Gasteiger partial charge in [0.25, 0.3) is 5.91 Å². The van der Waals surface area contributed by atoms with E-state index in [4.69, 9.17) is 18.0 Å². The van der Waals surface area contributed by atoms with Gasteiger partial charge in [-0.3, -0.25) is 4.79 Å². The second-order valence-electron chi connectivity index (χ2n) is 4.17. The normalized spacial score (nSPS) is 10.2. The number of nitrogens with two attached hydrogens (primary N) is 1.